The van der Waals surface area contributed by atoms with Crippen molar-refractivity contribution in [2.75, 3.05) is 27.3 Å². The van der Waals surface area contributed by atoms with Crippen LogP contribution in [0.4, 0.5) is 0 Å². The van der Waals surface area contributed by atoms with E-state index in [0.717, 1.165) is 18.4 Å². The first-order chi connectivity index (χ1) is 15.1. The van der Waals surface area contributed by atoms with Crippen molar-refractivity contribution in [2.24, 2.45) is 7.05 Å². The van der Waals surface area contributed by atoms with Gasteiger partial charge in [-0.1, -0.05) is 0 Å². The zero-order valence-electron chi connectivity index (χ0n) is 17.8. The first-order valence-corrected chi connectivity index (χ1v) is 10.1. The lowest BCUT2D eigenvalue weighted by Crippen LogP contribution is -2.45. The molecule has 2 aromatic heterocycles. The molecule has 3 heterocycles. The van der Waals surface area contributed by atoms with Crippen LogP contribution in [0.15, 0.2) is 42.9 Å². The summed E-state index contributed by atoms with van der Waals surface area (Å²) >= 11 is 0. The zero-order valence-corrected chi connectivity index (χ0v) is 17.8. The Morgan fingerprint density at radius 2 is 2.03 bits per heavy atom. The summed E-state index contributed by atoms with van der Waals surface area (Å²) in [4.78, 5) is 23.2. The summed E-state index contributed by atoms with van der Waals surface area (Å²) in [6, 6.07) is 7.28. The molecule has 0 radical (unpaired) electrons. The molecule has 0 aliphatic carbocycles. The molecular formula is C22H25N5O4. The van der Waals surface area contributed by atoms with Crippen LogP contribution >= 0.6 is 0 Å². The normalized spacial score (nSPS) is 16.1. The molecule has 0 saturated carbocycles. The summed E-state index contributed by atoms with van der Waals surface area (Å²) in [7, 11) is 4.97. The molecule has 1 aliphatic rings. The number of benzene rings is 1. The lowest BCUT2D eigenvalue weighted by molar-refractivity contribution is 0.0517. The van der Waals surface area contributed by atoms with Crippen LogP contribution in [0.1, 0.15) is 23.3 Å². The Labute approximate surface area is 180 Å². The van der Waals surface area contributed by atoms with Crippen molar-refractivity contribution in [3.8, 4) is 28.6 Å². The van der Waals surface area contributed by atoms with Crippen molar-refractivity contribution in [1.82, 2.24) is 24.6 Å². The quantitative estimate of drug-likeness (QED) is 0.602. The largest absolute Gasteiger partial charge is 0.497 e. The van der Waals surface area contributed by atoms with Gasteiger partial charge >= 0.3 is 0 Å². The third-order valence-electron chi connectivity index (χ3n) is 5.27. The Morgan fingerprint density at radius 3 is 2.77 bits per heavy atom. The maximum Gasteiger partial charge on any atom is 0.272 e. The molecule has 1 fully saturated rings. The molecule has 9 nitrogen and oxygen atoms in total. The summed E-state index contributed by atoms with van der Waals surface area (Å²) in [6.07, 6.45) is 6.35. The molecule has 1 aliphatic heterocycles. The maximum absolute atomic E-state index is 13.3. The molecule has 1 amide bonds. The highest BCUT2D eigenvalue weighted by atomic mass is 16.5. The topological polar surface area (TPSA) is 91.6 Å². The first kappa shape index (κ1) is 20.6. The summed E-state index contributed by atoms with van der Waals surface area (Å²) in [6.45, 7) is 1.15. The average molecular weight is 423 g/mol. The number of amides is 1. The Kier molecular flexibility index (Phi) is 6.01. The van der Waals surface area contributed by atoms with Crippen LogP contribution in [0, 0.1) is 0 Å². The van der Waals surface area contributed by atoms with Crippen LogP contribution < -0.4 is 14.2 Å². The van der Waals surface area contributed by atoms with Gasteiger partial charge in [-0.2, -0.15) is 5.10 Å². The Bertz CT molecular complexity index is 1050. The van der Waals surface area contributed by atoms with Gasteiger partial charge in [0.05, 0.1) is 32.7 Å². The third kappa shape index (κ3) is 4.45. The standard InChI is InChI=1S/C22H25N5O4/c1-26-19(12-18(25-26)17-11-15(29-2)6-7-20(17)30-3)22(28)27-10-4-5-16(14-27)31-21-13-23-8-9-24-21/h6-9,11-13,16H,4-5,10,14H2,1-3H3. The van der Waals surface area contributed by atoms with Crippen LogP contribution in [0.5, 0.6) is 17.4 Å². The number of methoxy groups -OCH3 is 2. The molecule has 0 bridgehead atoms. The van der Waals surface area contributed by atoms with Gasteiger partial charge in [0.25, 0.3) is 5.91 Å². The van der Waals surface area contributed by atoms with E-state index in [9.17, 15) is 4.79 Å². The van der Waals surface area contributed by atoms with Gasteiger partial charge in [-0.25, -0.2) is 4.98 Å². The predicted octanol–water partition coefficient (Wildman–Crippen LogP) is 2.58. The number of likely N-dealkylation sites (tertiary alicyclic amines) is 1. The SMILES string of the molecule is COc1ccc(OC)c(-c2cc(C(=O)N3CCCC(Oc4cnccn4)C3)n(C)n2)c1. The van der Waals surface area contributed by atoms with Gasteiger partial charge in [0.15, 0.2) is 0 Å². The second kappa shape index (κ2) is 9.03. The van der Waals surface area contributed by atoms with E-state index in [-0.39, 0.29) is 12.0 Å². The molecule has 0 N–H and O–H groups in total. The molecule has 162 valence electrons. The van der Waals surface area contributed by atoms with Crippen molar-refractivity contribution in [3.63, 3.8) is 0 Å². The molecule has 1 atom stereocenters. The van der Waals surface area contributed by atoms with Gasteiger partial charge in [0, 0.05) is 31.5 Å². The minimum atomic E-state index is -0.124. The first-order valence-electron chi connectivity index (χ1n) is 10.1. The van der Waals surface area contributed by atoms with Gasteiger partial charge in [0.2, 0.25) is 5.88 Å². The highest BCUT2D eigenvalue weighted by Gasteiger charge is 2.28. The fraction of sp³-hybridized carbons (Fsp3) is 0.364. The third-order valence-corrected chi connectivity index (χ3v) is 5.27. The van der Waals surface area contributed by atoms with Crippen molar-refractivity contribution in [1.29, 1.82) is 0 Å². The number of rotatable bonds is 6. The second-order valence-corrected chi connectivity index (χ2v) is 7.28. The van der Waals surface area contributed by atoms with Gasteiger partial charge < -0.3 is 19.1 Å². The molecular weight excluding hydrogens is 398 g/mol. The number of nitrogens with zero attached hydrogens (tertiary/aromatic N) is 5. The summed E-state index contributed by atoms with van der Waals surface area (Å²) in [5, 5.41) is 4.55. The van der Waals surface area contributed by atoms with E-state index in [1.165, 1.54) is 0 Å². The number of hydrogen-bond acceptors (Lipinski definition) is 7. The lowest BCUT2D eigenvalue weighted by Gasteiger charge is -2.32. The molecule has 1 unspecified atom stereocenters. The van der Waals surface area contributed by atoms with Crippen LogP contribution in [-0.2, 0) is 7.05 Å². The van der Waals surface area contributed by atoms with Gasteiger partial charge in [-0.3, -0.25) is 14.5 Å². The average Bonchev–Trinajstić information content (AvgIpc) is 3.20. The molecule has 0 spiro atoms. The Balaban J connectivity index is 1.54. The number of aromatic nitrogens is 4. The van der Waals surface area contributed by atoms with Crippen molar-refractivity contribution >= 4 is 5.91 Å². The minimum absolute atomic E-state index is 0.0874. The van der Waals surface area contributed by atoms with Gasteiger partial charge in [0.1, 0.15) is 23.3 Å². The van der Waals surface area contributed by atoms with Crippen LogP contribution in [-0.4, -0.2) is 64.0 Å². The van der Waals surface area contributed by atoms with Gasteiger partial charge in [-0.05, 0) is 37.1 Å². The highest BCUT2D eigenvalue weighted by Crippen LogP contribution is 2.33. The number of hydrogen-bond donors (Lipinski definition) is 0. The monoisotopic (exact) mass is 423 g/mol. The molecule has 31 heavy (non-hydrogen) atoms. The van der Waals surface area contributed by atoms with E-state index < -0.39 is 0 Å². The zero-order chi connectivity index (χ0) is 21.8. The second-order valence-electron chi connectivity index (χ2n) is 7.28. The Morgan fingerprint density at radius 1 is 1.16 bits per heavy atom. The molecule has 9 heteroatoms. The van der Waals surface area contributed by atoms with Crippen molar-refractivity contribution in [3.05, 3.63) is 48.5 Å². The summed E-state index contributed by atoms with van der Waals surface area (Å²) in [5.74, 6) is 1.73. The minimum Gasteiger partial charge on any atom is -0.497 e. The predicted molar refractivity (Wildman–Crippen MR) is 113 cm³/mol. The van der Waals surface area contributed by atoms with Crippen molar-refractivity contribution in [2.45, 2.75) is 18.9 Å². The van der Waals surface area contributed by atoms with E-state index in [0.29, 0.717) is 41.9 Å². The number of carbonyl (C=O) groups is 1. The smallest absolute Gasteiger partial charge is 0.272 e. The fourth-order valence-electron chi connectivity index (χ4n) is 3.71. The number of piperidine rings is 1. The van der Waals surface area contributed by atoms with Crippen LogP contribution in [0.3, 0.4) is 0 Å². The summed E-state index contributed by atoms with van der Waals surface area (Å²) in [5.41, 5.74) is 1.91. The number of ether oxygens (including phenoxy) is 3. The van der Waals surface area contributed by atoms with Crippen LogP contribution in [0.2, 0.25) is 0 Å². The lowest BCUT2D eigenvalue weighted by atomic mass is 10.1. The Hall–Kier alpha value is -3.62. The van der Waals surface area contributed by atoms with E-state index in [1.807, 2.05) is 18.2 Å². The maximum atomic E-state index is 13.3. The number of carbonyl (C=O) groups excluding carboxylic acids is 1. The number of aryl methyl sites for hydroxylation is 1. The van der Waals surface area contributed by atoms with E-state index in [4.69, 9.17) is 14.2 Å². The molecule has 4 rings (SSSR count). The fourth-order valence-corrected chi connectivity index (χ4v) is 3.71. The molecule has 3 aromatic rings. The van der Waals surface area contributed by atoms with Crippen molar-refractivity contribution < 1.29 is 19.0 Å². The van der Waals surface area contributed by atoms with Crippen LogP contribution in [0.25, 0.3) is 11.3 Å². The van der Waals surface area contributed by atoms with E-state index in [1.54, 1.807) is 55.5 Å². The molecule has 1 saturated heterocycles. The van der Waals surface area contributed by atoms with E-state index >= 15 is 0 Å². The highest BCUT2D eigenvalue weighted by molar-refractivity contribution is 5.94. The van der Waals surface area contributed by atoms with E-state index in [2.05, 4.69) is 15.1 Å². The summed E-state index contributed by atoms with van der Waals surface area (Å²) < 4.78 is 18.3. The van der Waals surface area contributed by atoms with Gasteiger partial charge in [-0.15, -0.1) is 0 Å². The molecule has 1 aromatic carbocycles.